The van der Waals surface area contributed by atoms with E-state index in [4.69, 9.17) is 14.2 Å². The lowest BCUT2D eigenvalue weighted by molar-refractivity contribution is 0.0951. The average molecular weight is 381 g/mol. The molecule has 0 saturated carbocycles. The van der Waals surface area contributed by atoms with Gasteiger partial charge in [-0.1, -0.05) is 12.1 Å². The fourth-order valence-electron chi connectivity index (χ4n) is 2.82. The Hall–Kier alpha value is -3.48. The highest BCUT2D eigenvalue weighted by atomic mass is 16.5. The van der Waals surface area contributed by atoms with Gasteiger partial charge in [0.25, 0.3) is 5.91 Å². The lowest BCUT2D eigenvalue weighted by atomic mass is 10.1. The second-order valence-electron chi connectivity index (χ2n) is 5.99. The molecule has 7 nitrogen and oxygen atoms in total. The lowest BCUT2D eigenvalue weighted by Crippen LogP contribution is -2.22. The molecular formula is C21H23N3O4. The SMILES string of the molecule is CCOc1ccc(CNC(=O)c2cn[nH]c2-c2ccc(OC)c(OC)c2)cc1. The molecule has 3 rings (SSSR count). The monoisotopic (exact) mass is 381 g/mol. The van der Waals surface area contributed by atoms with Crippen LogP contribution in [-0.2, 0) is 6.54 Å². The lowest BCUT2D eigenvalue weighted by Gasteiger charge is -2.10. The number of carbonyl (C=O) groups excluding carboxylic acids is 1. The Morgan fingerprint density at radius 3 is 2.50 bits per heavy atom. The highest BCUT2D eigenvalue weighted by Gasteiger charge is 2.17. The number of rotatable bonds is 8. The van der Waals surface area contributed by atoms with Crippen LogP contribution in [0.2, 0.25) is 0 Å². The van der Waals surface area contributed by atoms with Crippen molar-refractivity contribution >= 4 is 5.91 Å². The Balaban J connectivity index is 1.73. The number of hydrogen-bond acceptors (Lipinski definition) is 5. The minimum atomic E-state index is -0.215. The molecule has 28 heavy (non-hydrogen) atoms. The molecule has 0 fully saturated rings. The van der Waals surface area contributed by atoms with Gasteiger partial charge in [0.2, 0.25) is 0 Å². The zero-order valence-corrected chi connectivity index (χ0v) is 16.1. The Bertz CT molecular complexity index is 935. The number of hydrogen-bond donors (Lipinski definition) is 2. The molecule has 0 aliphatic heterocycles. The first kappa shape index (κ1) is 19.3. The molecule has 0 spiro atoms. The van der Waals surface area contributed by atoms with Crippen LogP contribution in [0.1, 0.15) is 22.8 Å². The third kappa shape index (κ3) is 4.25. The summed E-state index contributed by atoms with van der Waals surface area (Å²) in [5, 5.41) is 9.84. The number of benzene rings is 2. The number of ether oxygens (including phenoxy) is 3. The summed E-state index contributed by atoms with van der Waals surface area (Å²) in [6.07, 6.45) is 1.51. The molecule has 0 radical (unpaired) electrons. The Kier molecular flexibility index (Phi) is 6.16. The summed E-state index contributed by atoms with van der Waals surface area (Å²) in [5.74, 6) is 1.79. The van der Waals surface area contributed by atoms with E-state index >= 15 is 0 Å². The van der Waals surface area contributed by atoms with Crippen molar-refractivity contribution in [3.8, 4) is 28.5 Å². The summed E-state index contributed by atoms with van der Waals surface area (Å²) in [6.45, 7) is 2.96. The van der Waals surface area contributed by atoms with Crippen molar-refractivity contribution in [2.75, 3.05) is 20.8 Å². The molecule has 0 aliphatic carbocycles. The molecule has 146 valence electrons. The summed E-state index contributed by atoms with van der Waals surface area (Å²) >= 11 is 0. The molecule has 0 atom stereocenters. The number of nitrogens with one attached hydrogen (secondary N) is 2. The molecular weight excluding hydrogens is 358 g/mol. The number of H-pyrrole nitrogens is 1. The second kappa shape index (κ2) is 8.94. The van der Waals surface area contributed by atoms with Gasteiger partial charge in [-0.2, -0.15) is 5.10 Å². The van der Waals surface area contributed by atoms with Crippen LogP contribution in [0.5, 0.6) is 17.2 Å². The van der Waals surface area contributed by atoms with Crippen LogP contribution in [-0.4, -0.2) is 36.9 Å². The third-order valence-electron chi connectivity index (χ3n) is 4.24. The van der Waals surface area contributed by atoms with E-state index in [1.54, 1.807) is 26.4 Å². The van der Waals surface area contributed by atoms with Gasteiger partial charge in [0, 0.05) is 12.1 Å². The topological polar surface area (TPSA) is 85.5 Å². The second-order valence-corrected chi connectivity index (χ2v) is 5.99. The number of amides is 1. The summed E-state index contributed by atoms with van der Waals surface area (Å²) in [7, 11) is 3.15. The summed E-state index contributed by atoms with van der Waals surface area (Å²) in [4.78, 5) is 12.7. The maximum absolute atomic E-state index is 12.7. The van der Waals surface area contributed by atoms with E-state index in [1.165, 1.54) is 6.20 Å². The quantitative estimate of drug-likeness (QED) is 0.624. The Morgan fingerprint density at radius 2 is 1.82 bits per heavy atom. The smallest absolute Gasteiger partial charge is 0.255 e. The molecule has 7 heteroatoms. The normalized spacial score (nSPS) is 10.4. The highest BCUT2D eigenvalue weighted by molar-refractivity contribution is 5.99. The third-order valence-corrected chi connectivity index (χ3v) is 4.24. The van der Waals surface area contributed by atoms with Crippen molar-refractivity contribution in [1.29, 1.82) is 0 Å². The summed E-state index contributed by atoms with van der Waals surface area (Å²) in [5.41, 5.74) is 2.83. The van der Waals surface area contributed by atoms with Gasteiger partial charge in [0.1, 0.15) is 5.75 Å². The zero-order chi connectivity index (χ0) is 19.9. The van der Waals surface area contributed by atoms with Crippen LogP contribution >= 0.6 is 0 Å². The van der Waals surface area contributed by atoms with Gasteiger partial charge in [-0.05, 0) is 42.8 Å². The molecule has 2 N–H and O–H groups in total. The molecule has 1 heterocycles. The fraction of sp³-hybridized carbons (Fsp3) is 0.238. The molecule has 3 aromatic rings. The van der Waals surface area contributed by atoms with E-state index in [2.05, 4.69) is 15.5 Å². The molecule has 0 saturated heterocycles. The van der Waals surface area contributed by atoms with Gasteiger partial charge >= 0.3 is 0 Å². The Labute approximate surface area is 163 Å². The van der Waals surface area contributed by atoms with Gasteiger partial charge in [0.15, 0.2) is 11.5 Å². The van der Waals surface area contributed by atoms with Crippen molar-refractivity contribution < 1.29 is 19.0 Å². The van der Waals surface area contributed by atoms with Crippen LogP contribution in [0.25, 0.3) is 11.3 Å². The van der Waals surface area contributed by atoms with E-state index in [0.717, 1.165) is 16.9 Å². The number of aromatic amines is 1. The van der Waals surface area contributed by atoms with Crippen LogP contribution in [0.4, 0.5) is 0 Å². The van der Waals surface area contributed by atoms with Crippen molar-refractivity contribution in [3.05, 3.63) is 59.8 Å². The van der Waals surface area contributed by atoms with Crippen LogP contribution in [0.3, 0.4) is 0 Å². The van der Waals surface area contributed by atoms with Crippen molar-refractivity contribution in [1.82, 2.24) is 15.5 Å². The molecule has 2 aromatic carbocycles. The van der Waals surface area contributed by atoms with E-state index in [9.17, 15) is 4.79 Å². The number of aromatic nitrogens is 2. The molecule has 0 bridgehead atoms. The predicted molar refractivity (Wildman–Crippen MR) is 106 cm³/mol. The van der Waals surface area contributed by atoms with Crippen molar-refractivity contribution in [3.63, 3.8) is 0 Å². The van der Waals surface area contributed by atoms with Crippen LogP contribution in [0, 0.1) is 0 Å². The molecule has 0 unspecified atom stereocenters. The number of nitrogens with zero attached hydrogens (tertiary/aromatic N) is 1. The zero-order valence-electron chi connectivity index (χ0n) is 16.1. The van der Waals surface area contributed by atoms with Crippen molar-refractivity contribution in [2.24, 2.45) is 0 Å². The average Bonchev–Trinajstić information content (AvgIpc) is 3.22. The largest absolute Gasteiger partial charge is 0.494 e. The standard InChI is InChI=1S/C21H23N3O4/c1-4-28-16-8-5-14(6-9-16)12-22-21(25)17-13-23-24-20(17)15-7-10-18(26-2)19(11-15)27-3/h5-11,13H,4,12H2,1-3H3,(H,22,25)(H,23,24). The maximum atomic E-state index is 12.7. The number of methoxy groups -OCH3 is 2. The van der Waals surface area contributed by atoms with Crippen LogP contribution < -0.4 is 19.5 Å². The van der Waals surface area contributed by atoms with Crippen molar-refractivity contribution in [2.45, 2.75) is 13.5 Å². The first-order valence-corrected chi connectivity index (χ1v) is 8.92. The Morgan fingerprint density at radius 1 is 1.07 bits per heavy atom. The number of carbonyl (C=O) groups is 1. The fourth-order valence-corrected chi connectivity index (χ4v) is 2.82. The van der Waals surface area contributed by atoms with Gasteiger partial charge < -0.3 is 19.5 Å². The minimum Gasteiger partial charge on any atom is -0.494 e. The van der Waals surface area contributed by atoms with E-state index in [0.29, 0.717) is 35.9 Å². The van der Waals surface area contributed by atoms with E-state index in [-0.39, 0.29) is 5.91 Å². The highest BCUT2D eigenvalue weighted by Crippen LogP contribution is 2.32. The summed E-state index contributed by atoms with van der Waals surface area (Å²) < 4.78 is 16.0. The van der Waals surface area contributed by atoms with Gasteiger partial charge in [0.05, 0.1) is 38.3 Å². The van der Waals surface area contributed by atoms with Crippen LogP contribution in [0.15, 0.2) is 48.7 Å². The first-order valence-electron chi connectivity index (χ1n) is 8.92. The maximum Gasteiger partial charge on any atom is 0.255 e. The van der Waals surface area contributed by atoms with E-state index in [1.807, 2.05) is 37.3 Å². The van der Waals surface area contributed by atoms with Gasteiger partial charge in [-0.15, -0.1) is 0 Å². The van der Waals surface area contributed by atoms with E-state index < -0.39 is 0 Å². The molecule has 1 amide bonds. The predicted octanol–water partition coefficient (Wildman–Crippen LogP) is 3.42. The summed E-state index contributed by atoms with van der Waals surface area (Å²) in [6, 6.07) is 13.1. The first-order chi connectivity index (χ1) is 13.7. The minimum absolute atomic E-state index is 0.215. The molecule has 0 aliphatic rings. The van der Waals surface area contributed by atoms with Gasteiger partial charge in [-0.3, -0.25) is 9.89 Å². The van der Waals surface area contributed by atoms with Gasteiger partial charge in [-0.25, -0.2) is 0 Å². The molecule has 1 aromatic heterocycles.